The van der Waals surface area contributed by atoms with Crippen LogP contribution in [0.3, 0.4) is 0 Å². The van der Waals surface area contributed by atoms with Gasteiger partial charge in [0.2, 0.25) is 0 Å². The monoisotopic (exact) mass is 349 g/mol. The van der Waals surface area contributed by atoms with Crippen molar-refractivity contribution in [3.63, 3.8) is 0 Å². The summed E-state index contributed by atoms with van der Waals surface area (Å²) in [5.41, 5.74) is 1.73. The number of ether oxygens (including phenoxy) is 2. The van der Waals surface area contributed by atoms with Crippen LogP contribution in [-0.2, 0) is 6.54 Å². The van der Waals surface area contributed by atoms with Crippen molar-refractivity contribution in [3.8, 4) is 11.5 Å². The van der Waals surface area contributed by atoms with Gasteiger partial charge in [-0.3, -0.25) is 0 Å². The lowest BCUT2D eigenvalue weighted by Crippen LogP contribution is -2.18. The molecule has 0 radical (unpaired) electrons. The third-order valence-electron chi connectivity index (χ3n) is 3.83. The van der Waals surface area contributed by atoms with E-state index in [0.29, 0.717) is 25.3 Å². The minimum Gasteiger partial charge on any atom is -0.490 e. The Morgan fingerprint density at radius 2 is 1.76 bits per heavy atom. The SMILES string of the molecule is CCCOc1ccc(CNC(C)c2ccc(F)c(F)c2)cc1OCC. The maximum absolute atomic E-state index is 13.4. The molecule has 0 saturated heterocycles. The molecule has 0 saturated carbocycles. The Bertz CT molecular complexity index is 691. The van der Waals surface area contributed by atoms with Gasteiger partial charge in [0.25, 0.3) is 0 Å². The second-order valence-corrected chi connectivity index (χ2v) is 5.84. The smallest absolute Gasteiger partial charge is 0.161 e. The highest BCUT2D eigenvalue weighted by Gasteiger charge is 2.10. The van der Waals surface area contributed by atoms with Gasteiger partial charge in [0, 0.05) is 12.6 Å². The van der Waals surface area contributed by atoms with E-state index in [4.69, 9.17) is 9.47 Å². The summed E-state index contributed by atoms with van der Waals surface area (Å²) < 4.78 is 37.7. The Labute approximate surface area is 148 Å². The van der Waals surface area contributed by atoms with E-state index in [2.05, 4.69) is 12.2 Å². The number of nitrogens with one attached hydrogen (secondary N) is 1. The van der Waals surface area contributed by atoms with Crippen LogP contribution in [0.4, 0.5) is 8.78 Å². The molecular weight excluding hydrogens is 324 g/mol. The molecule has 0 aliphatic carbocycles. The van der Waals surface area contributed by atoms with Gasteiger partial charge in [0.1, 0.15) is 0 Å². The molecule has 0 aliphatic heterocycles. The second-order valence-electron chi connectivity index (χ2n) is 5.84. The Morgan fingerprint density at radius 3 is 2.44 bits per heavy atom. The summed E-state index contributed by atoms with van der Waals surface area (Å²) in [7, 11) is 0. The summed E-state index contributed by atoms with van der Waals surface area (Å²) in [6, 6.07) is 9.67. The quantitative estimate of drug-likeness (QED) is 0.691. The summed E-state index contributed by atoms with van der Waals surface area (Å²) in [5.74, 6) is -0.209. The molecule has 1 N–H and O–H groups in total. The lowest BCUT2D eigenvalue weighted by Gasteiger charge is -2.16. The van der Waals surface area contributed by atoms with E-state index in [9.17, 15) is 8.78 Å². The molecule has 2 rings (SSSR count). The number of rotatable bonds is 9. The maximum atomic E-state index is 13.4. The Hall–Kier alpha value is -2.14. The zero-order valence-corrected chi connectivity index (χ0v) is 14.9. The van der Waals surface area contributed by atoms with Crippen LogP contribution in [-0.4, -0.2) is 13.2 Å². The van der Waals surface area contributed by atoms with E-state index in [-0.39, 0.29) is 6.04 Å². The van der Waals surface area contributed by atoms with Gasteiger partial charge in [0.15, 0.2) is 23.1 Å². The van der Waals surface area contributed by atoms with Crippen molar-refractivity contribution in [2.24, 2.45) is 0 Å². The highest BCUT2D eigenvalue weighted by Crippen LogP contribution is 2.29. The Balaban J connectivity index is 2.03. The zero-order chi connectivity index (χ0) is 18.2. The van der Waals surface area contributed by atoms with E-state index in [0.717, 1.165) is 29.5 Å². The number of hydrogen-bond acceptors (Lipinski definition) is 3. The minimum absolute atomic E-state index is 0.110. The first-order valence-corrected chi connectivity index (χ1v) is 8.62. The molecule has 2 aromatic carbocycles. The number of halogens is 2. The maximum Gasteiger partial charge on any atom is 0.161 e. The van der Waals surface area contributed by atoms with Crippen molar-refractivity contribution in [1.29, 1.82) is 0 Å². The molecule has 0 aromatic heterocycles. The summed E-state index contributed by atoms with van der Waals surface area (Å²) in [5, 5.41) is 3.31. The van der Waals surface area contributed by atoms with Crippen LogP contribution >= 0.6 is 0 Å². The predicted octanol–water partition coefficient (Wildman–Crippen LogP) is 5.00. The molecule has 3 nitrogen and oxygen atoms in total. The van der Waals surface area contributed by atoms with E-state index in [1.807, 2.05) is 32.0 Å². The standard InChI is InChI=1S/C20H25F2NO2/c1-4-10-25-19-9-6-15(11-20(19)24-5-2)13-23-14(3)16-7-8-17(21)18(22)12-16/h6-9,11-12,14,23H,4-5,10,13H2,1-3H3. The van der Waals surface area contributed by atoms with Gasteiger partial charge in [-0.25, -0.2) is 8.78 Å². The van der Waals surface area contributed by atoms with Crippen molar-refractivity contribution in [1.82, 2.24) is 5.32 Å². The molecule has 0 spiro atoms. The molecule has 5 heteroatoms. The molecule has 0 heterocycles. The van der Waals surface area contributed by atoms with E-state index < -0.39 is 11.6 Å². The third-order valence-corrected chi connectivity index (χ3v) is 3.83. The zero-order valence-electron chi connectivity index (χ0n) is 14.9. The minimum atomic E-state index is -0.833. The van der Waals surface area contributed by atoms with E-state index in [1.165, 1.54) is 6.07 Å². The second kappa shape index (κ2) is 9.37. The van der Waals surface area contributed by atoms with Crippen LogP contribution in [0.2, 0.25) is 0 Å². The molecule has 1 atom stereocenters. The highest BCUT2D eigenvalue weighted by atomic mass is 19.2. The largest absolute Gasteiger partial charge is 0.490 e. The molecule has 136 valence electrons. The van der Waals surface area contributed by atoms with Gasteiger partial charge in [-0.05, 0) is 55.7 Å². The van der Waals surface area contributed by atoms with Gasteiger partial charge >= 0.3 is 0 Å². The molecule has 2 aromatic rings. The molecular formula is C20H25F2NO2. The molecule has 0 amide bonds. The fourth-order valence-corrected chi connectivity index (χ4v) is 2.43. The van der Waals surface area contributed by atoms with Gasteiger partial charge in [0.05, 0.1) is 13.2 Å². The van der Waals surface area contributed by atoms with Crippen molar-refractivity contribution < 1.29 is 18.3 Å². The highest BCUT2D eigenvalue weighted by molar-refractivity contribution is 5.43. The fraction of sp³-hybridized carbons (Fsp3) is 0.400. The molecule has 0 bridgehead atoms. The normalized spacial score (nSPS) is 12.0. The van der Waals surface area contributed by atoms with Crippen LogP contribution in [0.5, 0.6) is 11.5 Å². The van der Waals surface area contributed by atoms with Crippen molar-refractivity contribution in [2.45, 2.75) is 39.8 Å². The first-order chi connectivity index (χ1) is 12.0. The molecule has 25 heavy (non-hydrogen) atoms. The molecule has 1 unspecified atom stereocenters. The lowest BCUT2D eigenvalue weighted by atomic mass is 10.1. The van der Waals surface area contributed by atoms with Crippen LogP contribution in [0.1, 0.15) is 44.4 Å². The van der Waals surface area contributed by atoms with Crippen molar-refractivity contribution in [3.05, 3.63) is 59.2 Å². The number of benzene rings is 2. The van der Waals surface area contributed by atoms with Crippen LogP contribution in [0.25, 0.3) is 0 Å². The topological polar surface area (TPSA) is 30.5 Å². The van der Waals surface area contributed by atoms with Crippen molar-refractivity contribution in [2.75, 3.05) is 13.2 Å². The van der Waals surface area contributed by atoms with Gasteiger partial charge in [-0.15, -0.1) is 0 Å². The Morgan fingerprint density at radius 1 is 0.960 bits per heavy atom. The summed E-state index contributed by atoms with van der Waals surface area (Å²) in [4.78, 5) is 0. The van der Waals surface area contributed by atoms with Crippen molar-refractivity contribution >= 4 is 0 Å². The summed E-state index contributed by atoms with van der Waals surface area (Å²) in [6.07, 6.45) is 0.931. The Kier molecular flexibility index (Phi) is 7.19. The average Bonchev–Trinajstić information content (AvgIpc) is 2.61. The fourth-order valence-electron chi connectivity index (χ4n) is 2.43. The molecule has 0 fully saturated rings. The van der Waals surface area contributed by atoms with Gasteiger partial charge in [-0.1, -0.05) is 19.1 Å². The van der Waals surface area contributed by atoms with Crippen LogP contribution < -0.4 is 14.8 Å². The number of hydrogen-bond donors (Lipinski definition) is 1. The predicted molar refractivity (Wildman–Crippen MR) is 95.0 cm³/mol. The first-order valence-electron chi connectivity index (χ1n) is 8.62. The lowest BCUT2D eigenvalue weighted by molar-refractivity contribution is 0.276. The van der Waals surface area contributed by atoms with E-state index in [1.54, 1.807) is 6.07 Å². The third kappa shape index (κ3) is 5.43. The van der Waals surface area contributed by atoms with Gasteiger partial charge < -0.3 is 14.8 Å². The average molecular weight is 349 g/mol. The summed E-state index contributed by atoms with van der Waals surface area (Å²) in [6.45, 7) is 7.68. The summed E-state index contributed by atoms with van der Waals surface area (Å²) >= 11 is 0. The van der Waals surface area contributed by atoms with Crippen LogP contribution in [0, 0.1) is 11.6 Å². The van der Waals surface area contributed by atoms with Gasteiger partial charge in [-0.2, -0.15) is 0 Å². The molecule has 0 aliphatic rings. The van der Waals surface area contributed by atoms with E-state index >= 15 is 0 Å². The first kappa shape index (κ1) is 19.2. The van der Waals surface area contributed by atoms with Crippen LogP contribution in [0.15, 0.2) is 36.4 Å².